The molecular formula is C15H18N4O4S. The van der Waals surface area contributed by atoms with E-state index in [4.69, 9.17) is 4.74 Å². The van der Waals surface area contributed by atoms with E-state index in [2.05, 4.69) is 20.0 Å². The number of hydrogen-bond acceptors (Lipinski definition) is 7. The first-order chi connectivity index (χ1) is 11.5. The largest absolute Gasteiger partial charge is 0.464 e. The van der Waals surface area contributed by atoms with Gasteiger partial charge in [0.05, 0.1) is 18.8 Å². The Kier molecular flexibility index (Phi) is 6.21. The molecule has 0 aliphatic rings. The minimum Gasteiger partial charge on any atom is -0.464 e. The molecule has 0 amide bonds. The molecule has 0 radical (unpaired) electrons. The van der Waals surface area contributed by atoms with Crippen molar-refractivity contribution in [3.05, 3.63) is 48.3 Å². The van der Waals surface area contributed by atoms with Gasteiger partial charge in [-0.3, -0.25) is 4.79 Å². The third kappa shape index (κ3) is 5.60. The number of hydrogen-bond donors (Lipinski definition) is 2. The van der Waals surface area contributed by atoms with Crippen molar-refractivity contribution < 1.29 is 17.9 Å². The van der Waals surface area contributed by atoms with Crippen molar-refractivity contribution >= 4 is 21.8 Å². The van der Waals surface area contributed by atoms with Crippen molar-refractivity contribution in [2.45, 2.75) is 18.5 Å². The number of anilines is 1. The summed E-state index contributed by atoms with van der Waals surface area (Å²) in [5, 5.41) is 2.95. The van der Waals surface area contributed by atoms with Crippen molar-refractivity contribution in [1.29, 1.82) is 0 Å². The minimum atomic E-state index is -3.68. The van der Waals surface area contributed by atoms with Gasteiger partial charge in [-0.25, -0.2) is 23.1 Å². The lowest BCUT2D eigenvalue weighted by Crippen LogP contribution is -2.24. The standard InChI is InChI=1S/C15H18N4O4S/c1-12(20)23-10-9-16-14-6-4-5-13(19-14)11-18-24(21,22)15-7-2-3-8-17-15/h2-8,18H,9-11H2,1H3,(H,16,19). The molecule has 2 N–H and O–H groups in total. The van der Waals surface area contributed by atoms with Crippen LogP contribution >= 0.6 is 0 Å². The van der Waals surface area contributed by atoms with Crippen LogP contribution in [0.2, 0.25) is 0 Å². The molecule has 0 saturated carbocycles. The second-order valence-corrected chi connectivity index (χ2v) is 6.49. The zero-order chi connectivity index (χ0) is 17.4. The van der Waals surface area contributed by atoms with Crippen LogP contribution in [0.15, 0.2) is 47.6 Å². The number of rotatable bonds is 8. The molecule has 2 aromatic heterocycles. The van der Waals surface area contributed by atoms with E-state index < -0.39 is 10.0 Å². The van der Waals surface area contributed by atoms with Gasteiger partial charge >= 0.3 is 5.97 Å². The van der Waals surface area contributed by atoms with Gasteiger partial charge in [-0.05, 0) is 24.3 Å². The lowest BCUT2D eigenvalue weighted by molar-refractivity contribution is -0.140. The van der Waals surface area contributed by atoms with Crippen molar-refractivity contribution in [3.63, 3.8) is 0 Å². The summed E-state index contributed by atoms with van der Waals surface area (Å²) in [5.41, 5.74) is 0.548. The predicted molar refractivity (Wildman–Crippen MR) is 87.6 cm³/mol. The predicted octanol–water partition coefficient (Wildman–Crippen LogP) is 0.930. The van der Waals surface area contributed by atoms with Gasteiger partial charge < -0.3 is 10.1 Å². The highest BCUT2D eigenvalue weighted by molar-refractivity contribution is 7.89. The van der Waals surface area contributed by atoms with Crippen molar-refractivity contribution in [3.8, 4) is 0 Å². The molecule has 0 bridgehead atoms. The van der Waals surface area contributed by atoms with Crippen LogP contribution in [0.3, 0.4) is 0 Å². The average Bonchev–Trinajstić information content (AvgIpc) is 2.58. The average molecular weight is 350 g/mol. The van der Waals surface area contributed by atoms with E-state index in [-0.39, 0.29) is 24.1 Å². The Labute approximate surface area is 140 Å². The van der Waals surface area contributed by atoms with Crippen molar-refractivity contribution in [2.75, 3.05) is 18.5 Å². The van der Waals surface area contributed by atoms with E-state index in [9.17, 15) is 13.2 Å². The number of pyridine rings is 2. The van der Waals surface area contributed by atoms with Gasteiger partial charge in [0.25, 0.3) is 10.0 Å². The van der Waals surface area contributed by atoms with Gasteiger partial charge in [-0.2, -0.15) is 0 Å². The number of esters is 1. The number of nitrogens with zero attached hydrogens (tertiary/aromatic N) is 2. The van der Waals surface area contributed by atoms with Gasteiger partial charge in [-0.15, -0.1) is 0 Å². The van der Waals surface area contributed by atoms with E-state index in [1.165, 1.54) is 19.2 Å². The Morgan fingerprint density at radius 3 is 2.75 bits per heavy atom. The number of sulfonamides is 1. The number of carbonyl (C=O) groups excluding carboxylic acids is 1. The van der Waals surface area contributed by atoms with E-state index in [0.29, 0.717) is 18.1 Å². The maximum Gasteiger partial charge on any atom is 0.302 e. The number of nitrogens with one attached hydrogen (secondary N) is 2. The maximum atomic E-state index is 12.1. The monoisotopic (exact) mass is 350 g/mol. The molecule has 0 unspecified atom stereocenters. The molecule has 2 heterocycles. The zero-order valence-corrected chi connectivity index (χ0v) is 13.9. The third-order valence-electron chi connectivity index (χ3n) is 2.88. The molecule has 0 atom stereocenters. The van der Waals surface area contributed by atoms with E-state index in [1.54, 1.807) is 30.3 Å². The zero-order valence-electron chi connectivity index (χ0n) is 13.1. The first kappa shape index (κ1) is 17.8. The molecule has 2 aromatic rings. The van der Waals surface area contributed by atoms with Crippen LogP contribution in [0.25, 0.3) is 0 Å². The molecule has 0 spiro atoms. The third-order valence-corrected chi connectivity index (χ3v) is 4.19. The van der Waals surface area contributed by atoms with E-state index in [1.807, 2.05) is 0 Å². The van der Waals surface area contributed by atoms with Crippen LogP contribution in [0, 0.1) is 0 Å². The first-order valence-electron chi connectivity index (χ1n) is 7.21. The quantitative estimate of drug-likeness (QED) is 0.538. The SMILES string of the molecule is CC(=O)OCCNc1cccc(CNS(=O)(=O)c2ccccn2)n1. The highest BCUT2D eigenvalue weighted by Gasteiger charge is 2.14. The Hall–Kier alpha value is -2.52. The van der Waals surface area contributed by atoms with Crippen LogP contribution in [0.5, 0.6) is 0 Å². The molecule has 9 heteroatoms. The fourth-order valence-electron chi connectivity index (χ4n) is 1.80. The molecular weight excluding hydrogens is 332 g/mol. The molecule has 0 aromatic carbocycles. The molecule has 2 rings (SSSR count). The minimum absolute atomic E-state index is 0.0401. The van der Waals surface area contributed by atoms with E-state index in [0.717, 1.165) is 0 Å². The molecule has 24 heavy (non-hydrogen) atoms. The summed E-state index contributed by atoms with van der Waals surface area (Å²) in [6.45, 7) is 2.02. The summed E-state index contributed by atoms with van der Waals surface area (Å²) in [5.74, 6) is 0.221. The summed E-state index contributed by atoms with van der Waals surface area (Å²) in [4.78, 5) is 18.8. The van der Waals surface area contributed by atoms with Gasteiger partial charge in [0.1, 0.15) is 12.4 Å². The number of aromatic nitrogens is 2. The second-order valence-electron chi connectivity index (χ2n) is 4.77. The molecule has 0 aliphatic heterocycles. The van der Waals surface area contributed by atoms with E-state index >= 15 is 0 Å². The summed E-state index contributed by atoms with van der Waals surface area (Å²) >= 11 is 0. The number of carbonyl (C=O) groups is 1. The fraction of sp³-hybridized carbons (Fsp3) is 0.267. The van der Waals surface area contributed by atoms with Gasteiger partial charge in [-0.1, -0.05) is 12.1 Å². The van der Waals surface area contributed by atoms with Crippen LogP contribution < -0.4 is 10.0 Å². The molecule has 128 valence electrons. The Balaban J connectivity index is 1.91. The molecule has 0 aliphatic carbocycles. The topological polar surface area (TPSA) is 110 Å². The first-order valence-corrected chi connectivity index (χ1v) is 8.69. The highest BCUT2D eigenvalue weighted by Crippen LogP contribution is 2.07. The maximum absolute atomic E-state index is 12.1. The molecule has 0 saturated heterocycles. The van der Waals surface area contributed by atoms with Crippen molar-refractivity contribution in [2.24, 2.45) is 0 Å². The molecule has 8 nitrogen and oxygen atoms in total. The highest BCUT2D eigenvalue weighted by atomic mass is 32.2. The van der Waals surface area contributed by atoms with Crippen molar-refractivity contribution in [1.82, 2.24) is 14.7 Å². The lowest BCUT2D eigenvalue weighted by Gasteiger charge is -2.09. The normalized spacial score (nSPS) is 11.0. The summed E-state index contributed by atoms with van der Waals surface area (Å²) in [6.07, 6.45) is 1.42. The smallest absolute Gasteiger partial charge is 0.302 e. The summed E-state index contributed by atoms with van der Waals surface area (Å²) in [6, 6.07) is 9.87. The second kappa shape index (κ2) is 8.37. The lowest BCUT2D eigenvalue weighted by atomic mass is 10.3. The van der Waals surface area contributed by atoms with Crippen LogP contribution in [0.4, 0.5) is 5.82 Å². The van der Waals surface area contributed by atoms with Crippen LogP contribution in [-0.4, -0.2) is 37.5 Å². The van der Waals surface area contributed by atoms with Gasteiger partial charge in [0.15, 0.2) is 5.03 Å². The van der Waals surface area contributed by atoms with Gasteiger partial charge in [0.2, 0.25) is 0 Å². The number of ether oxygens (including phenoxy) is 1. The fourth-order valence-corrected chi connectivity index (χ4v) is 2.74. The van der Waals surface area contributed by atoms with Crippen LogP contribution in [-0.2, 0) is 26.1 Å². The van der Waals surface area contributed by atoms with Gasteiger partial charge in [0, 0.05) is 13.1 Å². The molecule has 0 fully saturated rings. The summed E-state index contributed by atoms with van der Waals surface area (Å²) < 4.78 is 31.5. The van der Waals surface area contributed by atoms with Crippen LogP contribution in [0.1, 0.15) is 12.6 Å². The Morgan fingerprint density at radius 2 is 2.04 bits per heavy atom. The summed E-state index contributed by atoms with van der Waals surface area (Å²) in [7, 11) is -3.68. The Bertz CT molecular complexity index is 781. The Morgan fingerprint density at radius 1 is 1.21 bits per heavy atom.